The molecule has 4 aromatic rings. The Morgan fingerprint density at radius 2 is 0.621 bits per heavy atom. The van der Waals surface area contributed by atoms with Crippen molar-refractivity contribution in [3.8, 4) is 23.0 Å². The quantitative estimate of drug-likeness (QED) is 0.204. The summed E-state index contributed by atoms with van der Waals surface area (Å²) in [5, 5.41) is 11.0. The standard InChI is InChI=1S/C42H48N4O10S2/c1-27-7-11-31-35(19-27)57(51)36-20-28(2)8-12-32(36)54-24-40(48)44-17-6-18-46-42(50)26-56-34-14-10-30(4)22-38(34)58(52)37-21-29(3)9-13-33(37)55-25-41(49)45-16-5-15-43-39(47)23-53-31/h7-14,19-22H,5-6,15-18,23-26H2,1-4H3,(H,43,47)(H,44,48)(H,45,49)(H,46,50). The Morgan fingerprint density at radius 1 is 0.397 bits per heavy atom. The van der Waals surface area contributed by atoms with Crippen LogP contribution in [0.15, 0.2) is 92.4 Å². The normalized spacial score (nSPS) is 18.3. The Labute approximate surface area is 342 Å². The number of rotatable bonds is 0. The van der Waals surface area contributed by atoms with Crippen LogP contribution < -0.4 is 40.2 Å². The number of aryl methyl sites for hydroxylation is 4. The van der Waals surface area contributed by atoms with Crippen molar-refractivity contribution in [1.82, 2.24) is 21.3 Å². The van der Waals surface area contributed by atoms with Crippen molar-refractivity contribution in [3.63, 3.8) is 0 Å². The van der Waals surface area contributed by atoms with Crippen LogP contribution in [0.4, 0.5) is 0 Å². The van der Waals surface area contributed by atoms with Crippen LogP contribution in [-0.4, -0.2) is 84.7 Å². The van der Waals surface area contributed by atoms with Gasteiger partial charge in [0.2, 0.25) is 0 Å². The highest BCUT2D eigenvalue weighted by molar-refractivity contribution is 7.85. The first-order valence-corrected chi connectivity index (χ1v) is 21.0. The second-order valence-corrected chi connectivity index (χ2v) is 16.4. The monoisotopic (exact) mass is 832 g/mol. The number of hydrogen-bond acceptors (Lipinski definition) is 10. The number of nitrogens with one attached hydrogen (secondary N) is 4. The lowest BCUT2D eigenvalue weighted by Crippen LogP contribution is -2.34. The fourth-order valence-corrected chi connectivity index (χ4v) is 8.50. The number of fused-ring (bicyclic) bond motifs is 4. The largest absolute Gasteiger partial charge is 0.482 e. The van der Waals surface area contributed by atoms with Crippen LogP contribution in [0.5, 0.6) is 23.0 Å². The van der Waals surface area contributed by atoms with Crippen LogP contribution in [-0.2, 0) is 40.8 Å². The Balaban J connectivity index is 1.30. The molecule has 0 atom stereocenters. The predicted molar refractivity (Wildman–Crippen MR) is 217 cm³/mol. The molecule has 1 aliphatic heterocycles. The van der Waals surface area contributed by atoms with E-state index in [4.69, 9.17) is 18.9 Å². The van der Waals surface area contributed by atoms with Gasteiger partial charge in [-0.15, -0.1) is 0 Å². The average molecular weight is 833 g/mol. The van der Waals surface area contributed by atoms with Crippen LogP contribution in [0, 0.1) is 27.7 Å². The molecule has 4 amide bonds. The van der Waals surface area contributed by atoms with Gasteiger partial charge in [0, 0.05) is 26.2 Å². The second kappa shape index (κ2) is 21.1. The molecule has 58 heavy (non-hydrogen) atoms. The lowest BCUT2D eigenvalue weighted by atomic mass is 10.2. The lowest BCUT2D eigenvalue weighted by Gasteiger charge is -2.16. The van der Waals surface area contributed by atoms with Gasteiger partial charge in [0.15, 0.2) is 26.4 Å². The van der Waals surface area contributed by atoms with Gasteiger partial charge in [0.25, 0.3) is 23.6 Å². The summed E-state index contributed by atoms with van der Waals surface area (Å²) in [6, 6.07) is 20.6. The summed E-state index contributed by atoms with van der Waals surface area (Å²) in [5.74, 6) is -0.633. The highest BCUT2D eigenvalue weighted by atomic mass is 32.2. The van der Waals surface area contributed by atoms with Gasteiger partial charge in [0.1, 0.15) is 23.0 Å². The summed E-state index contributed by atoms with van der Waals surface area (Å²) in [5.41, 5.74) is 3.29. The summed E-state index contributed by atoms with van der Waals surface area (Å²) >= 11 is 0. The van der Waals surface area contributed by atoms with E-state index in [1.165, 1.54) is 0 Å². The van der Waals surface area contributed by atoms with Gasteiger partial charge in [-0.05, 0) is 111 Å². The minimum absolute atomic E-state index is 0.247. The van der Waals surface area contributed by atoms with Gasteiger partial charge in [0.05, 0.1) is 41.2 Å². The van der Waals surface area contributed by atoms with E-state index in [1.807, 2.05) is 27.7 Å². The Morgan fingerprint density at radius 3 is 0.845 bits per heavy atom. The molecular formula is C42H48N4O10S2. The highest BCUT2D eigenvalue weighted by Gasteiger charge is 2.22. The van der Waals surface area contributed by atoms with E-state index in [-0.39, 0.29) is 75.6 Å². The molecule has 0 bridgehead atoms. The van der Waals surface area contributed by atoms with Crippen molar-refractivity contribution in [3.05, 3.63) is 95.1 Å². The lowest BCUT2D eigenvalue weighted by molar-refractivity contribution is -0.124. The maximum Gasteiger partial charge on any atom is 0.257 e. The van der Waals surface area contributed by atoms with Gasteiger partial charge >= 0.3 is 0 Å². The molecule has 0 aliphatic carbocycles. The number of hydrogen-bond donors (Lipinski definition) is 4. The van der Waals surface area contributed by atoms with Crippen molar-refractivity contribution < 1.29 is 46.5 Å². The molecule has 0 unspecified atom stereocenters. The molecule has 0 saturated carbocycles. The molecular weight excluding hydrogens is 785 g/mol. The van der Waals surface area contributed by atoms with Crippen molar-refractivity contribution in [1.29, 1.82) is 0 Å². The van der Waals surface area contributed by atoms with Crippen molar-refractivity contribution in [2.45, 2.75) is 60.1 Å². The molecule has 14 nitrogen and oxygen atoms in total. The topological polar surface area (TPSA) is 187 Å². The number of carbonyl (C=O) groups excluding carboxylic acids is 4. The maximum absolute atomic E-state index is 14.0. The Hall–Kier alpha value is -5.74. The molecule has 5 rings (SSSR count). The number of ether oxygens (including phenoxy) is 4. The molecule has 0 aromatic heterocycles. The number of carbonyl (C=O) groups is 4. The summed E-state index contributed by atoms with van der Waals surface area (Å²) < 4.78 is 51.4. The smallest absolute Gasteiger partial charge is 0.257 e. The minimum Gasteiger partial charge on any atom is -0.482 e. The molecule has 0 spiro atoms. The van der Waals surface area contributed by atoms with E-state index in [2.05, 4.69) is 21.3 Å². The van der Waals surface area contributed by atoms with Crippen molar-refractivity contribution >= 4 is 45.2 Å². The first-order valence-electron chi connectivity index (χ1n) is 18.7. The minimum atomic E-state index is -1.81. The highest BCUT2D eigenvalue weighted by Crippen LogP contribution is 2.34. The summed E-state index contributed by atoms with van der Waals surface area (Å²) in [6.07, 6.45) is 0.832. The molecule has 1 heterocycles. The average Bonchev–Trinajstić information content (AvgIpc) is 3.20. The van der Waals surface area contributed by atoms with E-state index < -0.39 is 45.2 Å². The maximum atomic E-state index is 14.0. The Kier molecular flexibility index (Phi) is 15.8. The summed E-state index contributed by atoms with van der Waals surface area (Å²) in [6.45, 7) is 7.00. The first kappa shape index (κ1) is 43.4. The van der Waals surface area contributed by atoms with Crippen LogP contribution in [0.2, 0.25) is 0 Å². The van der Waals surface area contributed by atoms with Gasteiger partial charge < -0.3 is 40.2 Å². The molecule has 4 aromatic carbocycles. The van der Waals surface area contributed by atoms with E-state index >= 15 is 0 Å². The van der Waals surface area contributed by atoms with Crippen LogP contribution in [0.25, 0.3) is 0 Å². The van der Waals surface area contributed by atoms with Gasteiger partial charge in [-0.25, -0.2) is 8.42 Å². The van der Waals surface area contributed by atoms with Crippen LogP contribution in [0.1, 0.15) is 35.1 Å². The summed E-state index contributed by atoms with van der Waals surface area (Å²) in [7, 11) is -3.61. The van der Waals surface area contributed by atoms with Gasteiger partial charge in [-0.3, -0.25) is 19.2 Å². The molecule has 0 fully saturated rings. The van der Waals surface area contributed by atoms with E-state index in [0.717, 1.165) is 22.3 Å². The Bertz CT molecular complexity index is 1900. The summed E-state index contributed by atoms with van der Waals surface area (Å²) in [4.78, 5) is 52.2. The van der Waals surface area contributed by atoms with E-state index in [9.17, 15) is 27.6 Å². The third kappa shape index (κ3) is 12.6. The molecule has 0 saturated heterocycles. The zero-order valence-corrected chi connectivity index (χ0v) is 34.5. The zero-order chi connectivity index (χ0) is 41.6. The molecule has 1 aliphatic rings. The molecule has 0 radical (unpaired) electrons. The predicted octanol–water partition coefficient (Wildman–Crippen LogP) is 3.73. The van der Waals surface area contributed by atoms with Crippen LogP contribution >= 0.6 is 0 Å². The third-order valence-electron chi connectivity index (χ3n) is 8.63. The number of amides is 4. The first-order chi connectivity index (χ1) is 27.9. The number of benzene rings is 4. The van der Waals surface area contributed by atoms with E-state index in [1.54, 1.807) is 72.8 Å². The third-order valence-corrected chi connectivity index (χ3v) is 11.5. The van der Waals surface area contributed by atoms with E-state index in [0.29, 0.717) is 32.4 Å². The van der Waals surface area contributed by atoms with Gasteiger partial charge in [-0.1, -0.05) is 24.3 Å². The molecule has 16 heteroatoms. The van der Waals surface area contributed by atoms with Gasteiger partial charge in [-0.2, -0.15) is 0 Å². The SMILES string of the molecule is Cc1ccc2c(c1)S(=O)c1cc(C)ccc1OCC(=O)NCCCNC(=O)COc1ccc(C)cc1S(=O)c1cc(C)ccc1OCC(=O)NCCCNC(=O)CO2. The fraction of sp³-hybridized carbons (Fsp3) is 0.333. The molecule has 308 valence electrons. The van der Waals surface area contributed by atoms with Crippen molar-refractivity contribution in [2.75, 3.05) is 52.6 Å². The fourth-order valence-electron chi connectivity index (χ4n) is 5.62. The second-order valence-electron chi connectivity index (χ2n) is 13.6. The zero-order valence-electron chi connectivity index (χ0n) is 32.9. The molecule has 4 N–H and O–H groups in total. The van der Waals surface area contributed by atoms with Crippen molar-refractivity contribution in [2.24, 2.45) is 0 Å². The van der Waals surface area contributed by atoms with Crippen LogP contribution in [0.3, 0.4) is 0 Å².